The Hall–Kier alpha value is 0.270. The zero-order valence-electron chi connectivity index (χ0n) is 10.4. The van der Waals surface area contributed by atoms with Crippen molar-refractivity contribution in [1.29, 1.82) is 0 Å². The van der Waals surface area contributed by atoms with E-state index in [-0.39, 0.29) is 5.60 Å². The lowest BCUT2D eigenvalue weighted by Crippen LogP contribution is -2.45. The quantitative estimate of drug-likeness (QED) is 0.799. The minimum atomic E-state index is -0.347. The molecule has 0 aromatic rings. The van der Waals surface area contributed by atoms with Gasteiger partial charge in [-0.2, -0.15) is 11.8 Å². The molecule has 2 N–H and O–H groups in total. The zero-order valence-corrected chi connectivity index (χ0v) is 11.2. The van der Waals surface area contributed by atoms with Gasteiger partial charge in [0.05, 0.1) is 5.60 Å². The fourth-order valence-corrected chi connectivity index (χ4v) is 3.98. The predicted octanol–water partition coefficient (Wildman–Crippen LogP) is 2.56. The highest BCUT2D eigenvalue weighted by molar-refractivity contribution is 7.99. The summed E-state index contributed by atoms with van der Waals surface area (Å²) in [5.41, 5.74) is -0.347. The minimum Gasteiger partial charge on any atom is -0.390 e. The molecule has 0 spiro atoms. The minimum absolute atomic E-state index is 0.347. The van der Waals surface area contributed by atoms with Gasteiger partial charge in [-0.3, -0.25) is 0 Å². The molecule has 0 radical (unpaired) electrons. The van der Waals surface area contributed by atoms with Gasteiger partial charge in [-0.15, -0.1) is 0 Å². The van der Waals surface area contributed by atoms with Gasteiger partial charge in [0, 0.05) is 12.1 Å². The summed E-state index contributed by atoms with van der Waals surface area (Å²) in [5, 5.41) is 14.0. The van der Waals surface area contributed by atoms with E-state index in [2.05, 4.69) is 24.0 Å². The van der Waals surface area contributed by atoms with Crippen LogP contribution in [0.15, 0.2) is 0 Å². The standard InChI is InChI=1S/C13H25NOS/c1-2-13(15)7-3-11(4-8-13)14-12-5-9-16-10-6-12/h11-12,14-15H,2-10H2,1H3. The molecule has 1 saturated carbocycles. The molecule has 1 aliphatic heterocycles. The Morgan fingerprint density at radius 1 is 1.12 bits per heavy atom. The van der Waals surface area contributed by atoms with E-state index >= 15 is 0 Å². The number of rotatable bonds is 3. The normalized spacial score (nSPS) is 37.5. The van der Waals surface area contributed by atoms with E-state index in [4.69, 9.17) is 0 Å². The highest BCUT2D eigenvalue weighted by atomic mass is 32.2. The van der Waals surface area contributed by atoms with E-state index in [1.807, 2.05) is 0 Å². The third-order valence-corrected chi connectivity index (χ3v) is 5.32. The largest absolute Gasteiger partial charge is 0.390 e. The Labute approximate surface area is 104 Å². The van der Waals surface area contributed by atoms with Gasteiger partial charge in [-0.05, 0) is 56.5 Å². The fourth-order valence-electron chi connectivity index (χ4n) is 2.87. The van der Waals surface area contributed by atoms with Gasteiger partial charge < -0.3 is 10.4 Å². The molecule has 94 valence electrons. The topological polar surface area (TPSA) is 32.3 Å². The van der Waals surface area contributed by atoms with E-state index in [9.17, 15) is 5.11 Å². The first kappa shape index (κ1) is 12.7. The molecule has 2 fully saturated rings. The molecule has 1 heterocycles. The first-order chi connectivity index (χ1) is 7.72. The van der Waals surface area contributed by atoms with Crippen molar-refractivity contribution in [3.8, 4) is 0 Å². The molecule has 0 unspecified atom stereocenters. The molecule has 2 nitrogen and oxygen atoms in total. The zero-order chi connectivity index (χ0) is 11.4. The van der Waals surface area contributed by atoms with Gasteiger partial charge >= 0.3 is 0 Å². The van der Waals surface area contributed by atoms with Crippen LogP contribution in [0.3, 0.4) is 0 Å². The van der Waals surface area contributed by atoms with E-state index < -0.39 is 0 Å². The monoisotopic (exact) mass is 243 g/mol. The molecule has 0 aromatic carbocycles. The van der Waals surface area contributed by atoms with Crippen molar-refractivity contribution in [1.82, 2.24) is 5.32 Å². The summed E-state index contributed by atoms with van der Waals surface area (Å²) in [6, 6.07) is 1.42. The van der Waals surface area contributed by atoms with Crippen LogP contribution in [0.1, 0.15) is 51.9 Å². The van der Waals surface area contributed by atoms with Crippen molar-refractivity contribution in [2.45, 2.75) is 69.6 Å². The SMILES string of the molecule is CCC1(O)CCC(NC2CCSCC2)CC1. The molecule has 0 amide bonds. The third kappa shape index (κ3) is 3.38. The molecule has 0 bridgehead atoms. The highest BCUT2D eigenvalue weighted by Crippen LogP contribution is 2.31. The van der Waals surface area contributed by atoms with Crippen molar-refractivity contribution >= 4 is 11.8 Å². The van der Waals surface area contributed by atoms with E-state index in [1.54, 1.807) is 0 Å². The molecule has 3 heteroatoms. The molecule has 2 aliphatic rings. The van der Waals surface area contributed by atoms with Crippen LogP contribution >= 0.6 is 11.8 Å². The van der Waals surface area contributed by atoms with Gasteiger partial charge in [-0.1, -0.05) is 6.92 Å². The Bertz CT molecular complexity index is 208. The molecular formula is C13H25NOS. The van der Waals surface area contributed by atoms with Crippen LogP contribution in [-0.4, -0.2) is 34.3 Å². The van der Waals surface area contributed by atoms with Crippen molar-refractivity contribution in [3.63, 3.8) is 0 Å². The Kier molecular flexibility index (Phi) is 4.57. The second kappa shape index (κ2) is 5.74. The molecule has 16 heavy (non-hydrogen) atoms. The van der Waals surface area contributed by atoms with Crippen LogP contribution in [0.5, 0.6) is 0 Å². The Balaban J connectivity index is 1.72. The van der Waals surface area contributed by atoms with Crippen LogP contribution < -0.4 is 5.32 Å². The maximum atomic E-state index is 10.2. The Morgan fingerprint density at radius 3 is 2.25 bits per heavy atom. The lowest BCUT2D eigenvalue weighted by atomic mass is 9.80. The number of thioether (sulfide) groups is 1. The number of hydrogen-bond donors (Lipinski definition) is 2. The maximum absolute atomic E-state index is 10.2. The first-order valence-corrected chi connectivity index (χ1v) is 7.93. The Morgan fingerprint density at radius 2 is 1.69 bits per heavy atom. The summed E-state index contributed by atoms with van der Waals surface area (Å²) in [7, 11) is 0. The van der Waals surface area contributed by atoms with Gasteiger partial charge in [0.15, 0.2) is 0 Å². The molecule has 0 atom stereocenters. The van der Waals surface area contributed by atoms with Crippen molar-refractivity contribution in [3.05, 3.63) is 0 Å². The number of nitrogens with one attached hydrogen (secondary N) is 1. The summed E-state index contributed by atoms with van der Waals surface area (Å²) >= 11 is 2.08. The summed E-state index contributed by atoms with van der Waals surface area (Å²) in [6.07, 6.45) is 7.88. The van der Waals surface area contributed by atoms with Gasteiger partial charge in [-0.25, -0.2) is 0 Å². The lowest BCUT2D eigenvalue weighted by molar-refractivity contribution is -0.00788. The van der Waals surface area contributed by atoms with Gasteiger partial charge in [0.2, 0.25) is 0 Å². The van der Waals surface area contributed by atoms with E-state index in [0.717, 1.165) is 38.1 Å². The smallest absolute Gasteiger partial charge is 0.0646 e. The number of hydrogen-bond acceptors (Lipinski definition) is 3. The third-order valence-electron chi connectivity index (χ3n) is 4.27. The molecule has 1 saturated heterocycles. The predicted molar refractivity (Wildman–Crippen MR) is 71.0 cm³/mol. The van der Waals surface area contributed by atoms with Crippen LogP contribution in [0.4, 0.5) is 0 Å². The first-order valence-electron chi connectivity index (χ1n) is 6.78. The van der Waals surface area contributed by atoms with E-state index in [0.29, 0.717) is 6.04 Å². The summed E-state index contributed by atoms with van der Waals surface area (Å²) in [5.74, 6) is 2.65. The highest BCUT2D eigenvalue weighted by Gasteiger charge is 2.32. The summed E-state index contributed by atoms with van der Waals surface area (Å²) < 4.78 is 0. The maximum Gasteiger partial charge on any atom is 0.0646 e. The van der Waals surface area contributed by atoms with Crippen molar-refractivity contribution in [2.24, 2.45) is 0 Å². The molecule has 0 aromatic heterocycles. The van der Waals surface area contributed by atoms with E-state index in [1.165, 1.54) is 24.3 Å². The summed E-state index contributed by atoms with van der Waals surface area (Å²) in [6.45, 7) is 2.10. The molecule has 2 rings (SSSR count). The van der Waals surface area contributed by atoms with Gasteiger partial charge in [0.1, 0.15) is 0 Å². The lowest BCUT2D eigenvalue weighted by Gasteiger charge is -2.37. The van der Waals surface area contributed by atoms with Crippen LogP contribution in [0, 0.1) is 0 Å². The van der Waals surface area contributed by atoms with Crippen LogP contribution in [0.2, 0.25) is 0 Å². The average molecular weight is 243 g/mol. The van der Waals surface area contributed by atoms with Crippen LogP contribution in [0.25, 0.3) is 0 Å². The molecule has 1 aliphatic carbocycles. The van der Waals surface area contributed by atoms with Gasteiger partial charge in [0.25, 0.3) is 0 Å². The number of aliphatic hydroxyl groups is 1. The average Bonchev–Trinajstić information content (AvgIpc) is 2.34. The van der Waals surface area contributed by atoms with Crippen molar-refractivity contribution < 1.29 is 5.11 Å². The molecular weight excluding hydrogens is 218 g/mol. The second-order valence-corrected chi connectivity index (χ2v) is 6.63. The second-order valence-electron chi connectivity index (χ2n) is 5.41. The fraction of sp³-hybridized carbons (Fsp3) is 1.00. The summed E-state index contributed by atoms with van der Waals surface area (Å²) in [4.78, 5) is 0. The van der Waals surface area contributed by atoms with Crippen LogP contribution in [-0.2, 0) is 0 Å². The van der Waals surface area contributed by atoms with Crippen molar-refractivity contribution in [2.75, 3.05) is 11.5 Å².